The molecule has 8 nitrogen and oxygen atoms in total. The Hall–Kier alpha value is -5.72. The van der Waals surface area contributed by atoms with Crippen LogP contribution in [0, 0.1) is 24.1 Å². The van der Waals surface area contributed by atoms with Gasteiger partial charge >= 0.3 is 0 Å². The molecule has 0 fully saturated rings. The number of ether oxygens (including phenoxy) is 1. The molecule has 2 aliphatic rings. The Kier molecular flexibility index (Phi) is 8.72. The third-order valence-electron chi connectivity index (χ3n) is 10.1. The van der Waals surface area contributed by atoms with E-state index >= 15 is 0 Å². The predicted octanol–water partition coefficient (Wildman–Crippen LogP) is 7.23. The van der Waals surface area contributed by atoms with Gasteiger partial charge in [-0.2, -0.15) is 5.26 Å². The van der Waals surface area contributed by atoms with E-state index in [9.17, 15) is 19.2 Å². The monoisotopic (exact) mass is 667 g/mol. The molecule has 7 rings (SSSR count). The van der Waals surface area contributed by atoms with Gasteiger partial charge in [0.1, 0.15) is 17.6 Å². The molecule has 0 unspecified atom stereocenters. The second-order valence-electron chi connectivity index (χ2n) is 13.0. The van der Waals surface area contributed by atoms with Crippen molar-refractivity contribution in [2.45, 2.75) is 45.8 Å². The van der Waals surface area contributed by atoms with Crippen LogP contribution in [-0.2, 0) is 33.0 Å². The van der Waals surface area contributed by atoms with Crippen molar-refractivity contribution in [2.24, 2.45) is 7.05 Å². The van der Waals surface area contributed by atoms with Crippen LogP contribution < -0.4 is 15.0 Å². The second kappa shape index (κ2) is 13.3. The third kappa shape index (κ3) is 5.82. The highest BCUT2D eigenvalue weighted by Gasteiger charge is 2.32. The van der Waals surface area contributed by atoms with Crippen LogP contribution in [0.25, 0.3) is 11.3 Å². The van der Waals surface area contributed by atoms with Crippen LogP contribution >= 0.6 is 0 Å². The molecule has 2 aliphatic heterocycles. The second-order valence-corrected chi connectivity index (χ2v) is 13.0. The van der Waals surface area contributed by atoms with Gasteiger partial charge < -0.3 is 19.5 Å². The van der Waals surface area contributed by atoms with Crippen molar-refractivity contribution in [1.82, 2.24) is 14.8 Å². The zero-order valence-electron chi connectivity index (χ0n) is 28.6. The van der Waals surface area contributed by atoms with E-state index in [-0.39, 0.29) is 23.4 Å². The van der Waals surface area contributed by atoms with Crippen molar-refractivity contribution >= 4 is 23.2 Å². The van der Waals surface area contributed by atoms with Crippen molar-refractivity contribution in [3.63, 3.8) is 0 Å². The number of amides is 2. The average molecular weight is 668 g/mol. The maximum atomic E-state index is 14.7. The Morgan fingerprint density at radius 1 is 0.940 bits per heavy atom. The summed E-state index contributed by atoms with van der Waals surface area (Å²) in [4.78, 5) is 32.7. The first-order valence-corrected chi connectivity index (χ1v) is 16.8. The number of carbonyl (C=O) groups excluding carboxylic acids is 2. The lowest BCUT2D eigenvalue weighted by Gasteiger charge is -2.35. The molecule has 0 saturated heterocycles. The van der Waals surface area contributed by atoms with Crippen LogP contribution in [0.3, 0.4) is 0 Å². The number of carbonyl (C=O) groups is 2. The molecule has 3 heterocycles. The number of rotatable bonds is 6. The molecule has 0 aliphatic carbocycles. The third-order valence-corrected chi connectivity index (χ3v) is 10.1. The number of aromatic nitrogens is 1. The molecule has 5 aromatic rings. The molecule has 9 heteroatoms. The van der Waals surface area contributed by atoms with Gasteiger partial charge in [0.25, 0.3) is 11.8 Å². The first-order chi connectivity index (χ1) is 24.2. The molecule has 0 bridgehead atoms. The van der Waals surface area contributed by atoms with Crippen molar-refractivity contribution < 1.29 is 18.7 Å². The summed E-state index contributed by atoms with van der Waals surface area (Å²) >= 11 is 0. The topological polar surface area (TPSA) is 90.6 Å². The minimum Gasteiger partial charge on any atom is -0.495 e. The lowest BCUT2D eigenvalue weighted by atomic mass is 9.90. The van der Waals surface area contributed by atoms with E-state index < -0.39 is 5.82 Å². The number of nitriles is 1. The number of hydrogen-bond acceptors (Lipinski definition) is 5. The Balaban J connectivity index is 1.34. The molecule has 1 atom stereocenters. The van der Waals surface area contributed by atoms with Crippen molar-refractivity contribution in [2.75, 3.05) is 18.6 Å². The lowest BCUT2D eigenvalue weighted by Crippen LogP contribution is -2.43. The number of fused-ring (bicyclic) bond motifs is 2. The number of halogens is 1. The van der Waals surface area contributed by atoms with Crippen LogP contribution in [-0.4, -0.2) is 41.0 Å². The van der Waals surface area contributed by atoms with E-state index in [1.807, 2.05) is 47.7 Å². The van der Waals surface area contributed by atoms with Gasteiger partial charge in [-0.05, 0) is 116 Å². The van der Waals surface area contributed by atoms with Gasteiger partial charge in [-0.1, -0.05) is 24.3 Å². The van der Waals surface area contributed by atoms with Crippen LogP contribution in [0.5, 0.6) is 5.75 Å². The molecular weight excluding hydrogens is 629 g/mol. The molecule has 50 heavy (non-hydrogen) atoms. The SMILES string of the molecule is COc1ccc(N(C(=O)c2cc(-c3cc4c(cc3C(=O)N3Cc5ccccc5C[C@H]3C)CNCC4)n(C)c2C)c2ccc(F)cc2)cc1C#N. The summed E-state index contributed by atoms with van der Waals surface area (Å²) in [5, 5.41) is 13.3. The number of hydrogen-bond donors (Lipinski definition) is 1. The van der Waals surface area contributed by atoms with E-state index in [0.717, 1.165) is 41.8 Å². The summed E-state index contributed by atoms with van der Waals surface area (Å²) in [6, 6.07) is 27.0. The minimum atomic E-state index is -0.432. The van der Waals surface area contributed by atoms with Gasteiger partial charge in [0, 0.05) is 54.4 Å². The van der Waals surface area contributed by atoms with E-state index in [2.05, 4.69) is 36.5 Å². The number of anilines is 2. The standard InChI is InChI=1S/C41H38FN5O3/c1-25-17-27-7-5-6-8-29(27)24-46(25)40(48)37-20-31-23-44-16-15-28(31)19-36(37)38-21-35(26(2)45(38)3)41(49)47(33-11-9-32(42)10-12-33)34-13-14-39(50-4)30(18-34)22-43/h5-14,18-21,25,44H,15-17,23-24H2,1-4H3/t25-/m1/s1. The zero-order chi connectivity index (χ0) is 35.1. The number of methoxy groups -OCH3 is 1. The summed E-state index contributed by atoms with van der Waals surface area (Å²) in [5.41, 5.74) is 9.06. The number of benzene rings is 4. The van der Waals surface area contributed by atoms with Gasteiger partial charge in [-0.3, -0.25) is 14.5 Å². The fraction of sp³-hybridized carbons (Fsp3) is 0.244. The van der Waals surface area contributed by atoms with Gasteiger partial charge in [-0.25, -0.2) is 4.39 Å². The Morgan fingerprint density at radius 3 is 2.42 bits per heavy atom. The number of nitrogens with zero attached hydrogens (tertiary/aromatic N) is 4. The van der Waals surface area contributed by atoms with Crippen molar-refractivity contribution in [1.29, 1.82) is 5.26 Å². The van der Waals surface area contributed by atoms with Crippen molar-refractivity contribution in [3.05, 3.63) is 135 Å². The highest BCUT2D eigenvalue weighted by molar-refractivity contribution is 6.12. The zero-order valence-corrected chi connectivity index (χ0v) is 28.6. The average Bonchev–Trinajstić information content (AvgIpc) is 3.44. The first-order valence-electron chi connectivity index (χ1n) is 16.8. The van der Waals surface area contributed by atoms with E-state index in [1.54, 1.807) is 18.2 Å². The Morgan fingerprint density at radius 2 is 1.68 bits per heavy atom. The fourth-order valence-electron chi connectivity index (χ4n) is 7.22. The quantitative estimate of drug-likeness (QED) is 0.206. The molecule has 252 valence electrons. The molecule has 0 radical (unpaired) electrons. The highest BCUT2D eigenvalue weighted by Crippen LogP contribution is 2.37. The van der Waals surface area contributed by atoms with Gasteiger partial charge in [-0.15, -0.1) is 0 Å². The maximum Gasteiger partial charge on any atom is 0.264 e. The van der Waals surface area contributed by atoms with Crippen LogP contribution in [0.4, 0.5) is 15.8 Å². The molecule has 1 aromatic heterocycles. The van der Waals surface area contributed by atoms with Crippen LogP contribution in [0.2, 0.25) is 0 Å². The van der Waals surface area contributed by atoms with Gasteiger partial charge in [0.15, 0.2) is 0 Å². The van der Waals surface area contributed by atoms with Gasteiger partial charge in [0.2, 0.25) is 0 Å². The summed E-state index contributed by atoms with van der Waals surface area (Å²) in [7, 11) is 3.38. The van der Waals surface area contributed by atoms with E-state index in [0.29, 0.717) is 47.0 Å². The Labute approximate surface area is 291 Å². The molecule has 0 spiro atoms. The molecule has 2 amide bonds. The first kappa shape index (κ1) is 32.8. The lowest BCUT2D eigenvalue weighted by molar-refractivity contribution is 0.0658. The summed E-state index contributed by atoms with van der Waals surface area (Å²) in [6.07, 6.45) is 1.61. The minimum absolute atomic E-state index is 0.0127. The highest BCUT2D eigenvalue weighted by atomic mass is 19.1. The summed E-state index contributed by atoms with van der Waals surface area (Å²) < 4.78 is 21.4. The summed E-state index contributed by atoms with van der Waals surface area (Å²) in [6.45, 7) is 6.03. The smallest absolute Gasteiger partial charge is 0.264 e. The maximum absolute atomic E-state index is 14.7. The molecule has 4 aromatic carbocycles. The Bertz CT molecular complexity index is 2180. The van der Waals surface area contributed by atoms with E-state index in [4.69, 9.17) is 4.74 Å². The van der Waals surface area contributed by atoms with Crippen molar-refractivity contribution in [3.8, 4) is 23.1 Å². The molecular formula is C41H38FN5O3. The van der Waals surface area contributed by atoms with Crippen LogP contribution in [0.1, 0.15) is 61.2 Å². The molecule has 0 saturated carbocycles. The largest absolute Gasteiger partial charge is 0.495 e. The predicted molar refractivity (Wildman–Crippen MR) is 191 cm³/mol. The normalized spacial score (nSPS) is 15.1. The van der Waals surface area contributed by atoms with Crippen LogP contribution in [0.15, 0.2) is 84.9 Å². The molecule has 1 N–H and O–H groups in total. The van der Waals surface area contributed by atoms with Gasteiger partial charge in [0.05, 0.1) is 23.9 Å². The fourth-order valence-corrected chi connectivity index (χ4v) is 7.22. The summed E-state index contributed by atoms with van der Waals surface area (Å²) in [5.74, 6) is -0.455. The number of nitrogens with one attached hydrogen (secondary N) is 1. The van der Waals surface area contributed by atoms with E-state index in [1.165, 1.54) is 47.4 Å².